The Morgan fingerprint density at radius 1 is 1.46 bits per heavy atom. The van der Waals surface area contributed by atoms with Crippen LogP contribution in [0, 0.1) is 14.9 Å². The molecule has 0 saturated carbocycles. The Kier molecular flexibility index (Phi) is 2.14. The Bertz CT molecular complexity index is 510. The summed E-state index contributed by atoms with van der Waals surface area (Å²) in [4.78, 5) is 0. The van der Waals surface area contributed by atoms with E-state index in [9.17, 15) is 0 Å². The van der Waals surface area contributed by atoms with E-state index in [-0.39, 0.29) is 0 Å². The summed E-state index contributed by atoms with van der Waals surface area (Å²) < 4.78 is 2.08. The number of hydrogen-bond acceptors (Lipinski definition) is 3. The van der Waals surface area contributed by atoms with Crippen LogP contribution in [0.15, 0.2) is 18.2 Å². The van der Waals surface area contributed by atoms with Crippen molar-refractivity contribution < 1.29 is 0 Å². The van der Waals surface area contributed by atoms with Crippen molar-refractivity contribution in [2.45, 2.75) is 0 Å². The summed E-state index contributed by atoms with van der Waals surface area (Å²) in [5, 5.41) is 10.7. The normalized spacial score (nSPS) is 10.2. The first-order valence-corrected chi connectivity index (χ1v) is 5.50. The van der Waals surface area contributed by atoms with Crippen LogP contribution in [0.3, 0.4) is 0 Å². The number of rotatable bonds is 0. The number of thiophene rings is 1. The third kappa shape index (κ3) is 1.28. The van der Waals surface area contributed by atoms with Gasteiger partial charge in [-0.2, -0.15) is 5.26 Å². The highest BCUT2D eigenvalue weighted by Crippen LogP contribution is 2.36. The molecule has 0 atom stereocenters. The molecule has 0 fully saturated rings. The van der Waals surface area contributed by atoms with Gasteiger partial charge in [0.25, 0.3) is 0 Å². The Labute approximate surface area is 93.1 Å². The summed E-state index contributed by atoms with van der Waals surface area (Å²) in [5.41, 5.74) is 6.48. The highest BCUT2D eigenvalue weighted by molar-refractivity contribution is 14.1. The molecule has 0 spiro atoms. The van der Waals surface area contributed by atoms with E-state index in [0.717, 1.165) is 18.7 Å². The van der Waals surface area contributed by atoms with Gasteiger partial charge < -0.3 is 5.73 Å². The van der Waals surface area contributed by atoms with E-state index < -0.39 is 0 Å². The van der Waals surface area contributed by atoms with Crippen LogP contribution in [0.25, 0.3) is 10.1 Å². The zero-order valence-corrected chi connectivity index (χ0v) is 9.52. The van der Waals surface area contributed by atoms with Crippen molar-refractivity contribution in [3.63, 3.8) is 0 Å². The lowest BCUT2D eigenvalue weighted by Crippen LogP contribution is -1.82. The zero-order chi connectivity index (χ0) is 9.42. The molecule has 2 N–H and O–H groups in total. The fourth-order valence-corrected chi connectivity index (χ4v) is 3.21. The Hall–Kier alpha value is -0.800. The SMILES string of the molecule is N#Cc1cccc2sc(N)c(I)c12. The minimum Gasteiger partial charge on any atom is -0.390 e. The molecule has 1 aromatic heterocycles. The topological polar surface area (TPSA) is 49.8 Å². The lowest BCUT2D eigenvalue weighted by Gasteiger charge is -1.92. The van der Waals surface area contributed by atoms with Crippen LogP contribution >= 0.6 is 33.9 Å². The first-order valence-electron chi connectivity index (χ1n) is 3.60. The number of hydrogen-bond donors (Lipinski definition) is 1. The van der Waals surface area contributed by atoms with Gasteiger partial charge >= 0.3 is 0 Å². The Morgan fingerprint density at radius 3 is 2.92 bits per heavy atom. The molecule has 2 rings (SSSR count). The molecule has 1 heterocycles. The molecule has 0 unspecified atom stereocenters. The van der Waals surface area contributed by atoms with Gasteiger partial charge in [0.2, 0.25) is 0 Å². The largest absolute Gasteiger partial charge is 0.390 e. The second-order valence-electron chi connectivity index (χ2n) is 2.57. The summed E-state index contributed by atoms with van der Waals surface area (Å²) in [6, 6.07) is 7.85. The van der Waals surface area contributed by atoms with Crippen molar-refractivity contribution in [3.05, 3.63) is 27.3 Å². The molecule has 2 nitrogen and oxygen atoms in total. The van der Waals surface area contributed by atoms with Crippen molar-refractivity contribution in [3.8, 4) is 6.07 Å². The number of halogens is 1. The van der Waals surface area contributed by atoms with Gasteiger partial charge in [-0.1, -0.05) is 6.07 Å². The quantitative estimate of drug-likeness (QED) is 0.760. The third-order valence-corrected chi connectivity index (χ3v) is 4.27. The predicted molar refractivity (Wildman–Crippen MR) is 63.7 cm³/mol. The molecule has 13 heavy (non-hydrogen) atoms. The predicted octanol–water partition coefficient (Wildman–Crippen LogP) is 2.96. The maximum atomic E-state index is 8.88. The zero-order valence-electron chi connectivity index (χ0n) is 6.54. The fraction of sp³-hybridized carbons (Fsp3) is 0. The summed E-state index contributed by atoms with van der Waals surface area (Å²) in [5.74, 6) is 0. The van der Waals surface area contributed by atoms with Crippen molar-refractivity contribution in [2.24, 2.45) is 0 Å². The molecule has 0 aliphatic carbocycles. The number of anilines is 1. The van der Waals surface area contributed by atoms with Crippen LogP contribution in [0.1, 0.15) is 5.56 Å². The van der Waals surface area contributed by atoms with Gasteiger partial charge in [0.05, 0.1) is 15.2 Å². The van der Waals surface area contributed by atoms with Crippen LogP contribution in [0.2, 0.25) is 0 Å². The first-order chi connectivity index (χ1) is 6.24. The Balaban J connectivity index is 2.97. The monoisotopic (exact) mass is 300 g/mol. The lowest BCUT2D eigenvalue weighted by atomic mass is 10.1. The van der Waals surface area contributed by atoms with Crippen LogP contribution in [-0.4, -0.2) is 0 Å². The first kappa shape index (κ1) is 8.78. The fourth-order valence-electron chi connectivity index (χ4n) is 1.22. The number of nitrogens with zero attached hydrogens (tertiary/aromatic N) is 1. The standard InChI is InChI=1S/C9H5IN2S/c10-8-7-5(4-11)2-1-3-6(7)13-9(8)12/h1-3H,12H2. The number of nitrogen functional groups attached to an aromatic ring is 1. The van der Waals surface area contributed by atoms with Gasteiger partial charge in [0.15, 0.2) is 0 Å². The number of nitriles is 1. The minimum absolute atomic E-state index is 0.704. The highest BCUT2D eigenvalue weighted by Gasteiger charge is 2.09. The van der Waals surface area contributed by atoms with E-state index in [1.807, 2.05) is 18.2 Å². The maximum Gasteiger partial charge on any atom is 0.100 e. The van der Waals surface area contributed by atoms with Crippen molar-refractivity contribution in [1.82, 2.24) is 0 Å². The van der Waals surface area contributed by atoms with E-state index in [1.165, 1.54) is 11.3 Å². The van der Waals surface area contributed by atoms with Gasteiger partial charge in [-0.25, -0.2) is 0 Å². The molecule has 4 heteroatoms. The molecule has 64 valence electrons. The lowest BCUT2D eigenvalue weighted by molar-refractivity contribution is 1.51. The van der Waals surface area contributed by atoms with Crippen molar-refractivity contribution in [1.29, 1.82) is 5.26 Å². The minimum atomic E-state index is 0.704. The maximum absolute atomic E-state index is 8.88. The molecule has 0 bridgehead atoms. The van der Waals surface area contributed by atoms with E-state index in [0.29, 0.717) is 5.56 Å². The molecule has 1 aromatic carbocycles. The van der Waals surface area contributed by atoms with Crippen LogP contribution in [0.4, 0.5) is 5.00 Å². The van der Waals surface area contributed by atoms with Gasteiger partial charge in [-0.15, -0.1) is 11.3 Å². The molecule has 2 aromatic rings. The number of nitrogens with two attached hydrogens (primary N) is 1. The van der Waals surface area contributed by atoms with Gasteiger partial charge in [0, 0.05) is 10.1 Å². The Morgan fingerprint density at radius 2 is 2.23 bits per heavy atom. The molecule has 0 aliphatic rings. The second kappa shape index (κ2) is 3.16. The van der Waals surface area contributed by atoms with E-state index in [1.54, 1.807) is 0 Å². The molecule has 0 aliphatic heterocycles. The van der Waals surface area contributed by atoms with Crippen LogP contribution in [-0.2, 0) is 0 Å². The van der Waals surface area contributed by atoms with Crippen LogP contribution < -0.4 is 5.73 Å². The second-order valence-corrected chi connectivity index (χ2v) is 4.73. The van der Waals surface area contributed by atoms with Crippen molar-refractivity contribution >= 4 is 49.0 Å². The van der Waals surface area contributed by atoms with Gasteiger partial charge in [-0.05, 0) is 34.7 Å². The van der Waals surface area contributed by atoms with E-state index >= 15 is 0 Å². The summed E-state index contributed by atoms with van der Waals surface area (Å²) in [6.45, 7) is 0. The van der Waals surface area contributed by atoms with Gasteiger partial charge in [-0.3, -0.25) is 0 Å². The molecule has 0 radical (unpaired) electrons. The molecular weight excluding hydrogens is 295 g/mol. The smallest absolute Gasteiger partial charge is 0.100 e. The molecule has 0 amide bonds. The highest BCUT2D eigenvalue weighted by atomic mass is 127. The van der Waals surface area contributed by atoms with E-state index in [4.69, 9.17) is 11.0 Å². The average molecular weight is 300 g/mol. The molecular formula is C9H5IN2S. The summed E-state index contributed by atoms with van der Waals surface area (Å²) in [6.07, 6.45) is 0. The van der Waals surface area contributed by atoms with Crippen LogP contribution in [0.5, 0.6) is 0 Å². The summed E-state index contributed by atoms with van der Waals surface area (Å²) >= 11 is 3.71. The molecule has 0 saturated heterocycles. The van der Waals surface area contributed by atoms with Gasteiger partial charge in [0.1, 0.15) is 5.00 Å². The van der Waals surface area contributed by atoms with E-state index in [2.05, 4.69) is 28.7 Å². The third-order valence-electron chi connectivity index (χ3n) is 1.80. The number of fused-ring (bicyclic) bond motifs is 1. The van der Waals surface area contributed by atoms with Crippen molar-refractivity contribution in [2.75, 3.05) is 5.73 Å². The summed E-state index contributed by atoms with van der Waals surface area (Å²) in [7, 11) is 0. The number of benzene rings is 1. The average Bonchev–Trinajstić information content (AvgIpc) is 2.43.